The Bertz CT molecular complexity index is 525. The molecule has 0 spiro atoms. The number of hydrogen-bond acceptors (Lipinski definition) is 6. The summed E-state index contributed by atoms with van der Waals surface area (Å²) in [5.41, 5.74) is 2.27. The summed E-state index contributed by atoms with van der Waals surface area (Å²) >= 11 is 1.80. The van der Waals surface area contributed by atoms with E-state index in [4.69, 9.17) is 15.6 Å². The fourth-order valence-electron chi connectivity index (χ4n) is 1.84. The maximum Gasteiger partial charge on any atom is 0.352 e. The van der Waals surface area contributed by atoms with Crippen LogP contribution in [0.3, 0.4) is 0 Å². The molecule has 4 N–H and O–H groups in total. The zero-order valence-electron chi connectivity index (χ0n) is 9.08. The minimum Gasteiger partial charge on any atom is -0.393 e. The van der Waals surface area contributed by atoms with Gasteiger partial charge in [0.25, 0.3) is 0 Å². The van der Waals surface area contributed by atoms with E-state index in [2.05, 4.69) is 4.98 Å². The third-order valence-electron chi connectivity index (χ3n) is 2.84. The number of aromatic nitrogens is 2. The van der Waals surface area contributed by atoms with E-state index in [1.807, 2.05) is 0 Å². The maximum absolute atomic E-state index is 13.8. The predicted molar refractivity (Wildman–Crippen MR) is 67.5 cm³/mol. The van der Waals surface area contributed by atoms with Crippen molar-refractivity contribution in [1.82, 2.24) is 9.55 Å². The first kappa shape index (κ1) is 13.6. The van der Waals surface area contributed by atoms with E-state index in [0.717, 1.165) is 0 Å². The van der Waals surface area contributed by atoms with Gasteiger partial charge < -0.3 is 20.7 Å². The first-order valence-electron chi connectivity index (χ1n) is 5.05. The number of aliphatic hydroxyl groups excluding tert-OH is 1. The number of hydrogen-bond donors (Lipinski definition) is 3. The van der Waals surface area contributed by atoms with Crippen LogP contribution in [0, 0.1) is 3.57 Å². The number of ether oxygens (including phenoxy) is 1. The van der Waals surface area contributed by atoms with E-state index in [1.165, 1.54) is 6.20 Å². The second kappa shape index (κ2) is 4.72. The van der Waals surface area contributed by atoms with E-state index >= 15 is 0 Å². The third-order valence-corrected chi connectivity index (χ3v) is 3.67. The van der Waals surface area contributed by atoms with Crippen molar-refractivity contribution < 1.29 is 19.3 Å². The van der Waals surface area contributed by atoms with Crippen molar-refractivity contribution in [3.05, 3.63) is 20.3 Å². The fourth-order valence-corrected chi connectivity index (χ4v) is 2.24. The van der Waals surface area contributed by atoms with Crippen LogP contribution < -0.4 is 11.4 Å². The summed E-state index contributed by atoms with van der Waals surface area (Å²) in [5, 5.41) is 19.4. The van der Waals surface area contributed by atoms with E-state index in [9.17, 15) is 14.3 Å². The molecular weight excluding hydrogens is 360 g/mol. The number of nitrogen functional groups attached to an aromatic ring is 1. The van der Waals surface area contributed by atoms with Gasteiger partial charge in [-0.3, -0.25) is 4.57 Å². The van der Waals surface area contributed by atoms with Crippen molar-refractivity contribution in [2.45, 2.75) is 18.0 Å². The summed E-state index contributed by atoms with van der Waals surface area (Å²) in [6.07, 6.45) is -1.88. The maximum atomic E-state index is 13.8. The summed E-state index contributed by atoms with van der Waals surface area (Å²) in [6.45, 7) is -1.03. The molecular formula is C9H11FIN3O4. The number of rotatable bonds is 2. The Kier molecular flexibility index (Phi) is 3.58. The Labute approximate surface area is 115 Å². The highest BCUT2D eigenvalue weighted by Gasteiger charge is 2.53. The van der Waals surface area contributed by atoms with Crippen LogP contribution in [0.5, 0.6) is 0 Å². The lowest BCUT2D eigenvalue weighted by Crippen LogP contribution is -2.54. The summed E-state index contributed by atoms with van der Waals surface area (Å²) < 4.78 is 19.8. The van der Waals surface area contributed by atoms with Crippen LogP contribution in [-0.4, -0.2) is 45.3 Å². The molecule has 1 aromatic rings. The summed E-state index contributed by atoms with van der Waals surface area (Å²) in [6, 6.07) is 0. The van der Waals surface area contributed by atoms with Crippen molar-refractivity contribution in [3.63, 3.8) is 0 Å². The predicted octanol–water partition coefficient (Wildman–Crippen LogP) is -1.20. The van der Waals surface area contributed by atoms with E-state index < -0.39 is 36.9 Å². The average molecular weight is 371 g/mol. The summed E-state index contributed by atoms with van der Waals surface area (Å²) in [4.78, 5) is 15.2. The minimum absolute atomic E-state index is 0.00433. The van der Waals surface area contributed by atoms with Crippen LogP contribution in [0.2, 0.25) is 0 Å². The molecule has 0 radical (unpaired) electrons. The van der Waals surface area contributed by atoms with Crippen LogP contribution in [0.25, 0.3) is 0 Å². The Morgan fingerprint density at radius 3 is 3.06 bits per heavy atom. The van der Waals surface area contributed by atoms with Gasteiger partial charge in [-0.05, 0) is 22.6 Å². The second-order valence-electron chi connectivity index (χ2n) is 3.88. The molecule has 100 valence electrons. The highest BCUT2D eigenvalue weighted by atomic mass is 127. The van der Waals surface area contributed by atoms with Gasteiger partial charge in [-0.25, -0.2) is 9.18 Å². The van der Waals surface area contributed by atoms with Gasteiger partial charge in [-0.15, -0.1) is 0 Å². The lowest BCUT2D eigenvalue weighted by molar-refractivity contribution is -0.137. The molecule has 0 unspecified atom stereocenters. The number of anilines is 1. The number of aliphatic hydroxyl groups is 2. The number of nitrogens with zero attached hydrogens (tertiary/aromatic N) is 2. The Hall–Kier alpha value is -0.780. The van der Waals surface area contributed by atoms with Crippen LogP contribution in [0.15, 0.2) is 11.0 Å². The van der Waals surface area contributed by atoms with Gasteiger partial charge in [0.05, 0.1) is 16.8 Å². The van der Waals surface area contributed by atoms with Crippen molar-refractivity contribution in [2.24, 2.45) is 0 Å². The van der Waals surface area contributed by atoms with Crippen LogP contribution >= 0.6 is 22.6 Å². The molecule has 7 nitrogen and oxygen atoms in total. The molecule has 0 saturated carbocycles. The normalized spacial score (nSPS) is 31.8. The van der Waals surface area contributed by atoms with Crippen LogP contribution in [0.4, 0.5) is 10.2 Å². The zero-order chi connectivity index (χ0) is 13.5. The molecule has 0 amide bonds. The van der Waals surface area contributed by atoms with Gasteiger partial charge in [0.1, 0.15) is 11.9 Å². The summed E-state index contributed by atoms with van der Waals surface area (Å²) in [5.74, 6) is -0.00433. The molecule has 0 aliphatic carbocycles. The topological polar surface area (TPSA) is 111 Å². The number of nitrogens with two attached hydrogens (primary N) is 1. The van der Waals surface area contributed by atoms with E-state index in [-0.39, 0.29) is 5.82 Å². The first-order valence-corrected chi connectivity index (χ1v) is 6.13. The average Bonchev–Trinajstić information content (AvgIpc) is 2.61. The van der Waals surface area contributed by atoms with Gasteiger partial charge >= 0.3 is 5.69 Å². The molecule has 9 heteroatoms. The van der Waals surface area contributed by atoms with Crippen molar-refractivity contribution >= 4 is 28.4 Å². The fraction of sp³-hybridized carbons (Fsp3) is 0.556. The molecule has 1 saturated heterocycles. The van der Waals surface area contributed by atoms with Gasteiger partial charge in [-0.2, -0.15) is 4.98 Å². The molecule has 1 aliphatic heterocycles. The van der Waals surface area contributed by atoms with E-state index in [0.29, 0.717) is 8.14 Å². The monoisotopic (exact) mass is 371 g/mol. The van der Waals surface area contributed by atoms with Crippen LogP contribution in [-0.2, 0) is 10.5 Å². The van der Waals surface area contributed by atoms with E-state index in [1.54, 1.807) is 22.6 Å². The molecule has 1 fully saturated rings. The minimum atomic E-state index is -2.27. The molecule has 1 aromatic heterocycles. The Morgan fingerprint density at radius 2 is 2.44 bits per heavy atom. The van der Waals surface area contributed by atoms with Gasteiger partial charge in [0.2, 0.25) is 5.72 Å². The molecule has 2 rings (SSSR count). The highest BCUT2D eigenvalue weighted by Crippen LogP contribution is 2.32. The number of halogens is 2. The van der Waals surface area contributed by atoms with Gasteiger partial charge in [-0.1, -0.05) is 0 Å². The Morgan fingerprint density at radius 1 is 1.78 bits per heavy atom. The second-order valence-corrected chi connectivity index (χ2v) is 5.04. The van der Waals surface area contributed by atoms with Crippen molar-refractivity contribution in [3.8, 4) is 0 Å². The standard InChI is InChI=1S/C9H11FIN3O4/c10-5-3-18-6(2-15)9(5,17)14-1-4(11)7(12)13-8(14)16/h1,5-6,15,17H,2-3H2,(H2,12,13,16)/t5-,6-,9+/m0/s1. The molecule has 1 aliphatic rings. The third kappa shape index (κ3) is 1.90. The van der Waals surface area contributed by atoms with Crippen molar-refractivity contribution in [2.75, 3.05) is 18.9 Å². The highest BCUT2D eigenvalue weighted by molar-refractivity contribution is 14.1. The smallest absolute Gasteiger partial charge is 0.352 e. The Balaban J connectivity index is 2.59. The molecule has 3 atom stereocenters. The summed E-state index contributed by atoms with van der Waals surface area (Å²) in [7, 11) is 0. The lowest BCUT2D eigenvalue weighted by atomic mass is 10.0. The zero-order valence-corrected chi connectivity index (χ0v) is 11.2. The largest absolute Gasteiger partial charge is 0.393 e. The first-order chi connectivity index (χ1) is 8.41. The van der Waals surface area contributed by atoms with Gasteiger partial charge in [0, 0.05) is 6.20 Å². The van der Waals surface area contributed by atoms with Crippen molar-refractivity contribution in [1.29, 1.82) is 0 Å². The van der Waals surface area contributed by atoms with Crippen LogP contribution in [0.1, 0.15) is 0 Å². The molecule has 0 aromatic carbocycles. The quantitative estimate of drug-likeness (QED) is 0.564. The SMILES string of the molecule is Nc1nc(=O)n([C@]2(O)[C@H](CO)OC[C@@H]2F)cc1I. The molecule has 2 heterocycles. The molecule has 0 bridgehead atoms. The molecule has 18 heavy (non-hydrogen) atoms. The number of alkyl halides is 1. The van der Waals surface area contributed by atoms with Gasteiger partial charge in [0.15, 0.2) is 6.17 Å². The lowest BCUT2D eigenvalue weighted by Gasteiger charge is -2.30.